The summed E-state index contributed by atoms with van der Waals surface area (Å²) < 4.78 is 0. The zero-order valence-electron chi connectivity index (χ0n) is 12.2. The van der Waals surface area contributed by atoms with E-state index in [0.29, 0.717) is 6.54 Å². The van der Waals surface area contributed by atoms with Crippen molar-refractivity contribution in [2.45, 2.75) is 13.1 Å². The highest BCUT2D eigenvalue weighted by Gasteiger charge is 2.06. The van der Waals surface area contributed by atoms with Crippen molar-refractivity contribution >= 4 is 16.6 Å². The normalized spacial score (nSPS) is 10.8. The van der Waals surface area contributed by atoms with Gasteiger partial charge in [0.1, 0.15) is 0 Å². The summed E-state index contributed by atoms with van der Waals surface area (Å²) in [5.74, 6) is 0. The van der Waals surface area contributed by atoms with Crippen LogP contribution in [0.2, 0.25) is 0 Å². The van der Waals surface area contributed by atoms with Crippen molar-refractivity contribution in [3.05, 3.63) is 71.9 Å². The highest BCUT2D eigenvalue weighted by molar-refractivity contribution is 5.81. The third-order valence-electron chi connectivity index (χ3n) is 3.74. The lowest BCUT2D eigenvalue weighted by atomic mass is 10.1. The molecule has 0 bridgehead atoms. The Labute approximate surface area is 125 Å². The standard InChI is InChI=1S/C18H19N3/c1-21(17-9-7-14(12-19)8-10-17)13-16-5-2-4-15-6-3-11-20-18(15)16/h2-11H,12-13,19H2,1H3. The predicted molar refractivity (Wildman–Crippen MR) is 88.2 cm³/mol. The number of aromatic nitrogens is 1. The van der Waals surface area contributed by atoms with Crippen molar-refractivity contribution in [1.29, 1.82) is 0 Å². The summed E-state index contributed by atoms with van der Waals surface area (Å²) in [6, 6.07) is 18.8. The van der Waals surface area contributed by atoms with Crippen molar-refractivity contribution in [1.82, 2.24) is 4.98 Å². The Bertz CT molecular complexity index is 730. The molecule has 0 aliphatic rings. The van der Waals surface area contributed by atoms with Gasteiger partial charge in [0.25, 0.3) is 0 Å². The van der Waals surface area contributed by atoms with Crippen LogP contribution < -0.4 is 10.6 Å². The number of anilines is 1. The van der Waals surface area contributed by atoms with Gasteiger partial charge in [-0.15, -0.1) is 0 Å². The van der Waals surface area contributed by atoms with E-state index in [9.17, 15) is 0 Å². The van der Waals surface area contributed by atoms with E-state index in [1.165, 1.54) is 16.6 Å². The quantitative estimate of drug-likeness (QED) is 0.795. The molecule has 0 fully saturated rings. The van der Waals surface area contributed by atoms with E-state index in [-0.39, 0.29) is 0 Å². The average molecular weight is 277 g/mol. The van der Waals surface area contributed by atoms with Gasteiger partial charge in [0.15, 0.2) is 0 Å². The van der Waals surface area contributed by atoms with Crippen molar-refractivity contribution in [3.8, 4) is 0 Å². The molecule has 2 N–H and O–H groups in total. The molecule has 3 aromatic rings. The molecule has 1 aromatic heterocycles. The molecule has 3 nitrogen and oxygen atoms in total. The van der Waals surface area contributed by atoms with Crippen LogP contribution >= 0.6 is 0 Å². The Kier molecular flexibility index (Phi) is 3.84. The number of hydrogen-bond donors (Lipinski definition) is 1. The SMILES string of the molecule is CN(Cc1cccc2cccnc12)c1ccc(CN)cc1. The molecule has 0 aliphatic carbocycles. The van der Waals surface area contributed by atoms with Gasteiger partial charge in [0.05, 0.1) is 5.52 Å². The monoisotopic (exact) mass is 277 g/mol. The van der Waals surface area contributed by atoms with E-state index in [0.717, 1.165) is 17.6 Å². The zero-order valence-corrected chi connectivity index (χ0v) is 12.2. The number of rotatable bonds is 4. The number of hydrogen-bond acceptors (Lipinski definition) is 3. The predicted octanol–water partition coefficient (Wildman–Crippen LogP) is 3.33. The molecular weight excluding hydrogens is 258 g/mol. The van der Waals surface area contributed by atoms with E-state index in [2.05, 4.69) is 65.5 Å². The number of nitrogens with two attached hydrogens (primary N) is 1. The minimum absolute atomic E-state index is 0.581. The van der Waals surface area contributed by atoms with Gasteiger partial charge in [0.2, 0.25) is 0 Å². The maximum absolute atomic E-state index is 5.64. The number of benzene rings is 2. The lowest BCUT2D eigenvalue weighted by Gasteiger charge is -2.20. The summed E-state index contributed by atoms with van der Waals surface area (Å²) in [5, 5.41) is 1.18. The van der Waals surface area contributed by atoms with Crippen LogP contribution in [0.15, 0.2) is 60.8 Å². The fraction of sp³-hybridized carbons (Fsp3) is 0.167. The lowest BCUT2D eigenvalue weighted by molar-refractivity contribution is 0.925. The van der Waals surface area contributed by atoms with E-state index < -0.39 is 0 Å². The largest absolute Gasteiger partial charge is 0.370 e. The van der Waals surface area contributed by atoms with E-state index in [4.69, 9.17) is 5.73 Å². The van der Waals surface area contributed by atoms with Crippen LogP contribution in [0.3, 0.4) is 0 Å². The van der Waals surface area contributed by atoms with E-state index >= 15 is 0 Å². The minimum atomic E-state index is 0.581. The fourth-order valence-electron chi connectivity index (χ4n) is 2.53. The molecule has 0 spiro atoms. The molecule has 0 aliphatic heterocycles. The molecule has 0 atom stereocenters. The summed E-state index contributed by atoms with van der Waals surface area (Å²) >= 11 is 0. The van der Waals surface area contributed by atoms with Crippen LogP contribution in [-0.4, -0.2) is 12.0 Å². The van der Waals surface area contributed by atoms with Crippen LogP contribution in [0.4, 0.5) is 5.69 Å². The van der Waals surface area contributed by atoms with Crippen molar-refractivity contribution in [2.75, 3.05) is 11.9 Å². The Morgan fingerprint density at radius 3 is 2.52 bits per heavy atom. The van der Waals surface area contributed by atoms with Gasteiger partial charge < -0.3 is 10.6 Å². The molecule has 2 aromatic carbocycles. The third-order valence-corrected chi connectivity index (χ3v) is 3.74. The maximum atomic E-state index is 5.64. The number of pyridine rings is 1. The Balaban J connectivity index is 1.87. The van der Waals surface area contributed by atoms with Gasteiger partial charge in [-0.2, -0.15) is 0 Å². The number of para-hydroxylation sites is 1. The van der Waals surface area contributed by atoms with Crippen LogP contribution in [0.1, 0.15) is 11.1 Å². The van der Waals surface area contributed by atoms with Crippen LogP contribution in [0.5, 0.6) is 0 Å². The molecule has 0 saturated heterocycles. The first-order chi connectivity index (χ1) is 10.3. The molecule has 3 rings (SSSR count). The topological polar surface area (TPSA) is 42.2 Å². The summed E-state index contributed by atoms with van der Waals surface area (Å²) in [6.45, 7) is 1.41. The summed E-state index contributed by atoms with van der Waals surface area (Å²) in [7, 11) is 2.10. The maximum Gasteiger partial charge on any atom is 0.0751 e. The Morgan fingerprint density at radius 1 is 1.00 bits per heavy atom. The first kappa shape index (κ1) is 13.6. The van der Waals surface area contributed by atoms with Gasteiger partial charge >= 0.3 is 0 Å². The van der Waals surface area contributed by atoms with Gasteiger partial charge in [0, 0.05) is 37.4 Å². The van der Waals surface area contributed by atoms with E-state index in [1.54, 1.807) is 0 Å². The van der Waals surface area contributed by atoms with Crippen LogP contribution in [-0.2, 0) is 13.1 Å². The first-order valence-electron chi connectivity index (χ1n) is 7.10. The molecule has 0 radical (unpaired) electrons. The lowest BCUT2D eigenvalue weighted by Crippen LogP contribution is -2.16. The van der Waals surface area contributed by atoms with E-state index in [1.807, 2.05) is 12.3 Å². The van der Waals surface area contributed by atoms with Gasteiger partial charge in [-0.25, -0.2) is 0 Å². The van der Waals surface area contributed by atoms with Crippen molar-refractivity contribution in [2.24, 2.45) is 5.73 Å². The second-order valence-electron chi connectivity index (χ2n) is 5.22. The molecule has 106 valence electrons. The molecule has 21 heavy (non-hydrogen) atoms. The molecule has 0 saturated carbocycles. The van der Waals surface area contributed by atoms with Crippen molar-refractivity contribution < 1.29 is 0 Å². The highest BCUT2D eigenvalue weighted by Crippen LogP contribution is 2.21. The first-order valence-corrected chi connectivity index (χ1v) is 7.10. The summed E-state index contributed by atoms with van der Waals surface area (Å²) in [6.07, 6.45) is 1.85. The number of nitrogens with zero attached hydrogens (tertiary/aromatic N) is 2. The number of fused-ring (bicyclic) bond motifs is 1. The van der Waals surface area contributed by atoms with Crippen LogP contribution in [0.25, 0.3) is 10.9 Å². The van der Waals surface area contributed by atoms with Crippen molar-refractivity contribution in [3.63, 3.8) is 0 Å². The molecular formula is C18H19N3. The fourth-order valence-corrected chi connectivity index (χ4v) is 2.53. The van der Waals surface area contributed by atoms with Gasteiger partial charge in [-0.1, -0.05) is 36.4 Å². The molecule has 1 heterocycles. The molecule has 3 heteroatoms. The average Bonchev–Trinajstić information content (AvgIpc) is 2.55. The summed E-state index contributed by atoms with van der Waals surface area (Å²) in [5.41, 5.74) is 10.3. The molecule has 0 amide bonds. The second kappa shape index (κ2) is 5.94. The van der Waals surface area contributed by atoms with Gasteiger partial charge in [-0.05, 0) is 29.3 Å². The Hall–Kier alpha value is -2.39. The highest BCUT2D eigenvalue weighted by atomic mass is 15.1. The Morgan fingerprint density at radius 2 is 1.76 bits per heavy atom. The third kappa shape index (κ3) is 2.88. The minimum Gasteiger partial charge on any atom is -0.370 e. The zero-order chi connectivity index (χ0) is 14.7. The smallest absolute Gasteiger partial charge is 0.0751 e. The van der Waals surface area contributed by atoms with Crippen LogP contribution in [0, 0.1) is 0 Å². The second-order valence-corrected chi connectivity index (χ2v) is 5.22. The molecule has 0 unspecified atom stereocenters. The summed E-state index contributed by atoms with van der Waals surface area (Å²) in [4.78, 5) is 6.74. The van der Waals surface area contributed by atoms with Gasteiger partial charge in [-0.3, -0.25) is 4.98 Å².